The maximum atomic E-state index is 13.8. The third-order valence-electron chi connectivity index (χ3n) is 5.17. The van der Waals surface area contributed by atoms with Crippen molar-refractivity contribution in [1.29, 1.82) is 0 Å². The molecule has 1 unspecified atom stereocenters. The second-order valence-electron chi connectivity index (χ2n) is 7.31. The van der Waals surface area contributed by atoms with Crippen molar-refractivity contribution < 1.29 is 14.0 Å². The molecule has 2 amide bonds. The number of carbonyl (C=O) groups excluding carboxylic acids is 2. The quantitative estimate of drug-likeness (QED) is 0.685. The number of benzene rings is 2. The zero-order valence-corrected chi connectivity index (χ0v) is 16.7. The van der Waals surface area contributed by atoms with Crippen LogP contribution in [0.15, 0.2) is 42.5 Å². The molecule has 0 bridgehead atoms. The van der Waals surface area contributed by atoms with E-state index in [1.54, 1.807) is 24.3 Å². The van der Waals surface area contributed by atoms with E-state index in [4.69, 9.17) is 5.73 Å². The summed E-state index contributed by atoms with van der Waals surface area (Å²) in [4.78, 5) is 25.1. The van der Waals surface area contributed by atoms with Gasteiger partial charge in [0.05, 0.1) is 11.1 Å². The lowest BCUT2D eigenvalue weighted by molar-refractivity contribution is 0.0897. The van der Waals surface area contributed by atoms with Crippen molar-refractivity contribution in [2.75, 3.05) is 11.9 Å². The predicted molar refractivity (Wildman–Crippen MR) is 110 cm³/mol. The lowest BCUT2D eigenvalue weighted by Crippen LogP contribution is -2.53. The number of nitrogens with two attached hydrogens (primary N) is 1. The average Bonchev–Trinajstić information content (AvgIpc) is 3.49. The number of halogens is 2. The Bertz CT molecular complexity index is 886. The van der Waals surface area contributed by atoms with E-state index < -0.39 is 17.3 Å². The van der Waals surface area contributed by atoms with Crippen LogP contribution in [0.1, 0.15) is 46.0 Å². The fourth-order valence-electron chi connectivity index (χ4n) is 3.10. The van der Waals surface area contributed by atoms with Gasteiger partial charge in [-0.05, 0) is 62.4 Å². The monoisotopic (exact) mass is 405 g/mol. The van der Waals surface area contributed by atoms with Crippen LogP contribution in [0.3, 0.4) is 0 Å². The van der Waals surface area contributed by atoms with E-state index in [0.29, 0.717) is 23.7 Å². The predicted octanol–water partition coefficient (Wildman–Crippen LogP) is 3.67. The van der Waals surface area contributed by atoms with Crippen LogP contribution in [0.2, 0.25) is 0 Å². The Morgan fingerprint density at radius 2 is 1.86 bits per heavy atom. The minimum atomic E-state index is -0.593. The van der Waals surface area contributed by atoms with Gasteiger partial charge in [0.2, 0.25) is 0 Å². The Balaban J connectivity index is 0.00000280. The van der Waals surface area contributed by atoms with Crippen molar-refractivity contribution in [1.82, 2.24) is 5.32 Å². The summed E-state index contributed by atoms with van der Waals surface area (Å²) >= 11 is 0. The number of nitrogens with one attached hydrogen (secondary N) is 2. The summed E-state index contributed by atoms with van der Waals surface area (Å²) in [6.45, 7) is 4.14. The molecule has 0 spiro atoms. The maximum Gasteiger partial charge on any atom is 0.258 e. The minimum Gasteiger partial charge on any atom is -0.345 e. The summed E-state index contributed by atoms with van der Waals surface area (Å²) in [7, 11) is 0. The van der Waals surface area contributed by atoms with E-state index in [0.717, 1.165) is 18.4 Å². The summed E-state index contributed by atoms with van der Waals surface area (Å²) in [5.41, 5.74) is 7.06. The van der Waals surface area contributed by atoms with Crippen LogP contribution < -0.4 is 16.4 Å². The highest BCUT2D eigenvalue weighted by molar-refractivity contribution is 6.05. The van der Waals surface area contributed by atoms with Gasteiger partial charge < -0.3 is 16.4 Å². The second kappa shape index (κ2) is 8.71. The number of rotatable bonds is 6. The van der Waals surface area contributed by atoms with Crippen molar-refractivity contribution in [3.63, 3.8) is 0 Å². The van der Waals surface area contributed by atoms with Crippen molar-refractivity contribution in [2.45, 2.75) is 32.2 Å². The molecule has 0 aromatic heterocycles. The normalized spacial score (nSPS) is 15.1. The lowest BCUT2D eigenvalue weighted by Gasteiger charge is -2.29. The molecule has 3 rings (SSSR count). The van der Waals surface area contributed by atoms with Crippen LogP contribution in [-0.2, 0) is 0 Å². The van der Waals surface area contributed by atoms with Gasteiger partial charge in [-0.2, -0.15) is 0 Å². The highest BCUT2D eigenvalue weighted by Crippen LogP contribution is 2.39. The highest BCUT2D eigenvalue weighted by Gasteiger charge is 2.41. The molecule has 150 valence electrons. The van der Waals surface area contributed by atoms with Gasteiger partial charge in [-0.15, -0.1) is 12.4 Å². The van der Waals surface area contributed by atoms with E-state index in [2.05, 4.69) is 10.6 Å². The number of aryl methyl sites for hydroxylation is 1. The van der Waals surface area contributed by atoms with Gasteiger partial charge in [-0.25, -0.2) is 4.39 Å². The minimum absolute atomic E-state index is 0. The smallest absolute Gasteiger partial charge is 0.258 e. The summed E-state index contributed by atoms with van der Waals surface area (Å²) in [5.74, 6) is -0.989. The average molecular weight is 406 g/mol. The van der Waals surface area contributed by atoms with E-state index in [-0.39, 0.29) is 23.9 Å². The van der Waals surface area contributed by atoms with E-state index in [1.807, 2.05) is 13.8 Å². The van der Waals surface area contributed by atoms with Crippen molar-refractivity contribution in [3.8, 4) is 0 Å². The third kappa shape index (κ3) is 4.69. The first-order chi connectivity index (χ1) is 12.8. The van der Waals surface area contributed by atoms with Crippen LogP contribution in [0.4, 0.5) is 10.1 Å². The molecular weight excluding hydrogens is 381 g/mol. The summed E-state index contributed by atoms with van der Waals surface area (Å²) < 4.78 is 13.8. The SMILES string of the molecule is Cc1ccc(C(=O)NC(C)(CN)C2CC2)cc1NC(=O)c1ccccc1F.Cl. The zero-order valence-electron chi connectivity index (χ0n) is 15.9. The van der Waals surface area contributed by atoms with Crippen molar-refractivity contribution in [2.24, 2.45) is 11.7 Å². The largest absolute Gasteiger partial charge is 0.345 e. The summed E-state index contributed by atoms with van der Waals surface area (Å²) in [5, 5.41) is 5.72. The fraction of sp³-hybridized carbons (Fsp3) is 0.333. The molecule has 7 heteroatoms. The number of anilines is 1. The zero-order chi connectivity index (χ0) is 19.6. The van der Waals surface area contributed by atoms with Crippen molar-refractivity contribution >= 4 is 29.9 Å². The molecule has 0 heterocycles. The van der Waals surface area contributed by atoms with Gasteiger partial charge >= 0.3 is 0 Å². The topological polar surface area (TPSA) is 84.2 Å². The number of amides is 2. The summed E-state index contributed by atoms with van der Waals surface area (Å²) in [6.07, 6.45) is 2.12. The molecule has 1 saturated carbocycles. The molecule has 2 aromatic carbocycles. The van der Waals surface area contributed by atoms with Gasteiger partial charge in [0.25, 0.3) is 11.8 Å². The van der Waals surface area contributed by atoms with Gasteiger partial charge in [0, 0.05) is 17.8 Å². The van der Waals surface area contributed by atoms with Crippen LogP contribution in [0.5, 0.6) is 0 Å². The Morgan fingerprint density at radius 3 is 2.46 bits per heavy atom. The molecule has 4 N–H and O–H groups in total. The second-order valence-corrected chi connectivity index (χ2v) is 7.31. The summed E-state index contributed by atoms with van der Waals surface area (Å²) in [6, 6.07) is 10.8. The molecule has 0 radical (unpaired) electrons. The fourth-order valence-corrected chi connectivity index (χ4v) is 3.10. The first-order valence-electron chi connectivity index (χ1n) is 9.03. The molecule has 1 aliphatic carbocycles. The molecule has 1 fully saturated rings. The van der Waals surface area contributed by atoms with Crippen LogP contribution >= 0.6 is 12.4 Å². The van der Waals surface area contributed by atoms with Crippen LogP contribution in [0, 0.1) is 18.7 Å². The third-order valence-corrected chi connectivity index (χ3v) is 5.17. The standard InChI is InChI=1S/C21H24FN3O2.ClH/c1-13-7-8-14(19(26)25-21(2,12-23)15-9-10-15)11-18(13)24-20(27)16-5-3-4-6-17(16)22;/h3-8,11,15H,9-10,12,23H2,1-2H3,(H,24,27)(H,25,26);1H. The Labute approximate surface area is 170 Å². The first kappa shape index (κ1) is 21.9. The van der Waals surface area contributed by atoms with Gasteiger partial charge in [0.1, 0.15) is 5.82 Å². The molecule has 1 atom stereocenters. The molecular formula is C21H25ClFN3O2. The Kier molecular flexibility index (Phi) is 6.80. The molecule has 2 aromatic rings. The lowest BCUT2D eigenvalue weighted by atomic mass is 9.95. The van der Waals surface area contributed by atoms with Gasteiger partial charge in [0.15, 0.2) is 0 Å². The molecule has 0 saturated heterocycles. The first-order valence-corrected chi connectivity index (χ1v) is 9.03. The maximum absolute atomic E-state index is 13.8. The van der Waals surface area contributed by atoms with Crippen LogP contribution in [-0.4, -0.2) is 23.9 Å². The molecule has 5 nitrogen and oxygen atoms in total. The van der Waals surface area contributed by atoms with E-state index >= 15 is 0 Å². The Morgan fingerprint density at radius 1 is 1.18 bits per heavy atom. The van der Waals surface area contributed by atoms with Crippen LogP contribution in [0.25, 0.3) is 0 Å². The number of carbonyl (C=O) groups is 2. The van der Waals surface area contributed by atoms with Crippen molar-refractivity contribution in [3.05, 3.63) is 65.0 Å². The number of hydrogen-bond donors (Lipinski definition) is 3. The molecule has 1 aliphatic rings. The molecule has 0 aliphatic heterocycles. The number of hydrogen-bond acceptors (Lipinski definition) is 3. The highest BCUT2D eigenvalue weighted by atomic mass is 35.5. The van der Waals surface area contributed by atoms with E-state index in [1.165, 1.54) is 18.2 Å². The molecule has 28 heavy (non-hydrogen) atoms. The van der Waals surface area contributed by atoms with Gasteiger partial charge in [-0.1, -0.05) is 18.2 Å². The van der Waals surface area contributed by atoms with E-state index in [9.17, 15) is 14.0 Å². The van der Waals surface area contributed by atoms with Gasteiger partial charge in [-0.3, -0.25) is 9.59 Å². The Hall–Kier alpha value is -2.44.